The van der Waals surface area contributed by atoms with E-state index in [4.69, 9.17) is 9.47 Å². The molecule has 0 bridgehead atoms. The zero-order chi connectivity index (χ0) is 63.0. The zero-order valence-electron chi connectivity index (χ0n) is 54.8. The zero-order valence-corrected chi connectivity index (χ0v) is 54.8. The topological polar surface area (TPSA) is 189 Å². The monoisotopic (exact) mass is 1210 g/mol. The summed E-state index contributed by atoms with van der Waals surface area (Å²) in [5, 5.41) is 27.0. The molecule has 0 saturated carbocycles. The predicted molar refractivity (Wildman–Crippen MR) is 348 cm³/mol. The number of aliphatic hydroxyl groups is 2. The van der Waals surface area contributed by atoms with Gasteiger partial charge in [0.1, 0.15) is 6.54 Å². The SMILES string of the molecule is C=[N+](CCCC(=O)OCC(CCCCCC)CCCCCCCC)N(CCCCN(CC(O)CN1C(=O)c2ccccc2C1=O)NC(C)CCCCCC(=O)OCC(CCCCCC)CCCCCCCC)CC(O)CN1C(=O)c2ccccc2C1=O. The molecule has 0 radical (unpaired) electrons. The number of hydrazine groups is 2. The Bertz CT molecular complexity index is 2240. The van der Waals surface area contributed by atoms with Crippen molar-refractivity contribution in [3.05, 3.63) is 70.8 Å². The maximum absolute atomic E-state index is 13.3. The lowest BCUT2D eigenvalue weighted by Crippen LogP contribution is -2.50. The van der Waals surface area contributed by atoms with Gasteiger partial charge in [-0.25, -0.2) is 5.01 Å². The van der Waals surface area contributed by atoms with Gasteiger partial charge in [0, 0.05) is 32.0 Å². The number of fused-ring (bicyclic) bond motifs is 2. The Kier molecular flexibility index (Phi) is 38.0. The Morgan fingerprint density at radius 1 is 0.494 bits per heavy atom. The fraction of sp³-hybridized carbons (Fsp3) is 0.732. The molecule has 0 aliphatic carbocycles. The second-order valence-corrected chi connectivity index (χ2v) is 25.3. The van der Waals surface area contributed by atoms with Gasteiger partial charge in [-0.2, -0.15) is 5.01 Å². The number of rotatable bonds is 54. The van der Waals surface area contributed by atoms with Crippen molar-refractivity contribution in [1.29, 1.82) is 0 Å². The Hall–Kier alpha value is -5.03. The normalized spacial score (nSPS) is 14.8. The summed E-state index contributed by atoms with van der Waals surface area (Å²) in [6.07, 6.45) is 32.3. The molecule has 2 heterocycles. The number of nitrogens with zero attached hydrogens (tertiary/aromatic N) is 5. The minimum atomic E-state index is -1.11. The predicted octanol–water partition coefficient (Wildman–Crippen LogP) is 13.7. The summed E-state index contributed by atoms with van der Waals surface area (Å²) in [7, 11) is 0. The van der Waals surface area contributed by atoms with Gasteiger partial charge in [0.15, 0.2) is 13.3 Å². The molecule has 0 aromatic heterocycles. The van der Waals surface area contributed by atoms with Gasteiger partial charge in [0.2, 0.25) is 0 Å². The van der Waals surface area contributed by atoms with E-state index in [1.54, 1.807) is 53.2 Å². The molecular weight excluding hydrogens is 1100 g/mol. The van der Waals surface area contributed by atoms with Crippen molar-refractivity contribution < 1.29 is 53.1 Å². The molecule has 5 unspecified atom stereocenters. The van der Waals surface area contributed by atoms with Gasteiger partial charge in [0.05, 0.1) is 73.7 Å². The van der Waals surface area contributed by atoms with E-state index in [-0.39, 0.29) is 50.6 Å². The van der Waals surface area contributed by atoms with Crippen LogP contribution < -0.4 is 5.43 Å². The molecule has 3 N–H and O–H groups in total. The van der Waals surface area contributed by atoms with Crippen molar-refractivity contribution in [3.8, 4) is 0 Å². The number of imide groups is 2. The first-order valence-electron chi connectivity index (χ1n) is 34.6. The third kappa shape index (κ3) is 29.0. The van der Waals surface area contributed by atoms with Crippen LogP contribution >= 0.6 is 0 Å². The molecule has 0 spiro atoms. The van der Waals surface area contributed by atoms with Crippen molar-refractivity contribution in [2.45, 2.75) is 265 Å². The molecule has 2 aliphatic rings. The molecule has 16 nitrogen and oxygen atoms in total. The number of aliphatic hydroxyl groups excluding tert-OH is 2. The van der Waals surface area contributed by atoms with Crippen LogP contribution in [-0.4, -0.2) is 154 Å². The van der Waals surface area contributed by atoms with Crippen LogP contribution in [0.2, 0.25) is 0 Å². The lowest BCUT2D eigenvalue weighted by molar-refractivity contribution is -0.685. The van der Waals surface area contributed by atoms with Gasteiger partial charge in [-0.15, -0.1) is 4.68 Å². The summed E-state index contributed by atoms with van der Waals surface area (Å²) in [5.41, 5.74) is 4.87. The average Bonchev–Trinajstić information content (AvgIpc) is 1.97. The summed E-state index contributed by atoms with van der Waals surface area (Å²) in [6, 6.07) is 13.3. The third-order valence-corrected chi connectivity index (χ3v) is 17.4. The van der Waals surface area contributed by atoms with Crippen LogP contribution in [0.25, 0.3) is 0 Å². The number of β-amino-alcohol motifs (C(OH)–C–C–N with tert-alkyl or cyclic N) is 2. The number of amides is 4. The highest BCUT2D eigenvalue weighted by molar-refractivity contribution is 6.22. The molecule has 4 amide bonds. The maximum atomic E-state index is 13.3. The molecule has 2 aromatic carbocycles. The van der Waals surface area contributed by atoms with Crippen molar-refractivity contribution in [3.63, 3.8) is 0 Å². The minimum Gasteiger partial charge on any atom is -0.465 e. The van der Waals surface area contributed by atoms with Gasteiger partial charge < -0.3 is 19.7 Å². The highest BCUT2D eigenvalue weighted by Crippen LogP contribution is 2.26. The molecule has 5 atom stereocenters. The molecule has 0 saturated heterocycles. The lowest BCUT2D eigenvalue weighted by atomic mass is 9.95. The number of carbonyl (C=O) groups excluding carboxylic acids is 6. The van der Waals surface area contributed by atoms with E-state index < -0.39 is 35.8 Å². The summed E-state index contributed by atoms with van der Waals surface area (Å²) in [5.74, 6) is -1.32. The van der Waals surface area contributed by atoms with E-state index in [9.17, 15) is 39.0 Å². The molecule has 2 aliphatic heterocycles. The number of unbranched alkanes of at least 4 members (excludes halogenated alkanes) is 19. The van der Waals surface area contributed by atoms with Crippen molar-refractivity contribution in [2.24, 2.45) is 11.8 Å². The van der Waals surface area contributed by atoms with Crippen LogP contribution in [-0.2, 0) is 19.1 Å². The molecule has 16 heteroatoms. The molecule has 0 fully saturated rings. The van der Waals surface area contributed by atoms with Gasteiger partial charge in [-0.3, -0.25) is 44.0 Å². The van der Waals surface area contributed by atoms with Crippen LogP contribution in [0.5, 0.6) is 0 Å². The number of nitrogens with one attached hydrogen (secondary N) is 1. The third-order valence-electron chi connectivity index (χ3n) is 17.4. The van der Waals surface area contributed by atoms with Crippen molar-refractivity contribution in [1.82, 2.24) is 25.2 Å². The fourth-order valence-corrected chi connectivity index (χ4v) is 12.2. The standard InChI is InChI=1S/C71H117N6O10/c1-7-11-15-19-21-27-40-58(38-25-17-13-9-3)55-86-66(80)46-29-23-24-37-57(5)72-74(51-60(78)53-76-68(82)62-42-30-31-43-63(62)69(76)83)49-34-35-50-75(52-61(79)54-77-70(84)64-44-32-33-45-65(64)71(77)85)73(6)48-36-47-67(81)87-56-59(39-26-18-14-10-4)41-28-22-20-16-12-8-2/h30-33,42-45,57-61,72,78-79H,6-29,34-41,46-56H2,1-5H3/q+1. The highest BCUT2D eigenvalue weighted by Gasteiger charge is 2.38. The number of hydrogen-bond donors (Lipinski definition) is 3. The summed E-state index contributed by atoms with van der Waals surface area (Å²) in [6.45, 7) is 17.4. The van der Waals surface area contributed by atoms with Crippen molar-refractivity contribution >= 4 is 42.3 Å². The van der Waals surface area contributed by atoms with Gasteiger partial charge in [-0.1, -0.05) is 193 Å². The van der Waals surface area contributed by atoms with E-state index in [0.717, 1.165) is 74.0 Å². The van der Waals surface area contributed by atoms with Gasteiger partial charge in [0.25, 0.3) is 23.6 Å². The Morgan fingerprint density at radius 2 is 0.851 bits per heavy atom. The second-order valence-electron chi connectivity index (χ2n) is 25.3. The molecule has 87 heavy (non-hydrogen) atoms. The molecular formula is C71H117N6O10+. The quantitative estimate of drug-likeness (QED) is 0.0142. The Labute approximate surface area is 524 Å². The molecule has 2 aromatic rings. The van der Waals surface area contributed by atoms with Crippen LogP contribution in [0.15, 0.2) is 48.5 Å². The van der Waals surface area contributed by atoms with E-state index >= 15 is 0 Å². The highest BCUT2D eigenvalue weighted by atomic mass is 16.5. The van der Waals surface area contributed by atoms with Crippen LogP contribution in [0.4, 0.5) is 0 Å². The number of hydrogen-bond acceptors (Lipinski definition) is 13. The lowest BCUT2D eigenvalue weighted by Gasteiger charge is -2.30. The van der Waals surface area contributed by atoms with Crippen molar-refractivity contribution in [2.75, 3.05) is 59.0 Å². The summed E-state index contributed by atoms with van der Waals surface area (Å²) in [4.78, 5) is 81.7. The van der Waals surface area contributed by atoms with E-state index in [1.807, 2.05) is 10.0 Å². The number of carbonyl (C=O) groups is 6. The first-order valence-corrected chi connectivity index (χ1v) is 34.6. The first kappa shape index (κ1) is 74.4. The average molecular weight is 1210 g/mol. The summed E-state index contributed by atoms with van der Waals surface area (Å²) >= 11 is 0. The fourth-order valence-electron chi connectivity index (χ4n) is 12.2. The molecule has 4 rings (SSSR count). The second kappa shape index (κ2) is 44.4. The van der Waals surface area contributed by atoms with E-state index in [2.05, 4.69) is 46.8 Å². The number of esters is 2. The maximum Gasteiger partial charge on any atom is 0.306 e. The van der Waals surface area contributed by atoms with Crippen LogP contribution in [0.1, 0.15) is 288 Å². The van der Waals surface area contributed by atoms with Gasteiger partial charge in [-0.05, 0) is 94.4 Å². The smallest absolute Gasteiger partial charge is 0.306 e. The van der Waals surface area contributed by atoms with Gasteiger partial charge >= 0.3 is 11.9 Å². The van der Waals surface area contributed by atoms with Crippen LogP contribution in [0.3, 0.4) is 0 Å². The number of ether oxygens (including phenoxy) is 2. The van der Waals surface area contributed by atoms with E-state index in [0.29, 0.717) is 92.6 Å². The Morgan fingerprint density at radius 3 is 1.29 bits per heavy atom. The number of benzene rings is 2. The van der Waals surface area contributed by atoms with E-state index in [1.165, 1.54) is 116 Å². The largest absolute Gasteiger partial charge is 0.465 e. The first-order chi connectivity index (χ1) is 42.2. The minimum absolute atomic E-state index is 0.00767. The van der Waals surface area contributed by atoms with Crippen LogP contribution in [0, 0.1) is 11.8 Å². The Balaban J connectivity index is 1.35. The number of hydrazone groups is 1. The molecule has 490 valence electrons. The summed E-state index contributed by atoms with van der Waals surface area (Å²) < 4.78 is 13.5.